The lowest BCUT2D eigenvalue weighted by molar-refractivity contribution is 0.0815. The van der Waals surface area contributed by atoms with Crippen LogP contribution < -0.4 is 4.74 Å². The second-order valence-corrected chi connectivity index (χ2v) is 6.94. The molecule has 0 spiro atoms. The normalized spacial score (nSPS) is 13.8. The Morgan fingerprint density at radius 1 is 0.970 bits per heavy atom. The lowest BCUT2D eigenvalue weighted by Gasteiger charge is -2.34. The van der Waals surface area contributed by atoms with E-state index in [0.29, 0.717) is 5.56 Å². The molecule has 0 saturated heterocycles. The highest BCUT2D eigenvalue weighted by molar-refractivity contribution is 6.33. The van der Waals surface area contributed by atoms with Crippen molar-refractivity contribution in [2.75, 3.05) is 13.2 Å². The average Bonchev–Trinajstić information content (AvgIpc) is 2.78. The molecule has 0 unspecified atom stereocenters. The second kappa shape index (κ2) is 11.8. The number of benzene rings is 2. The highest BCUT2D eigenvalue weighted by atomic mass is 35.5. The topological polar surface area (TPSA) is 12.5 Å². The van der Waals surface area contributed by atoms with E-state index in [1.807, 2.05) is 13.8 Å². The van der Waals surface area contributed by atoms with Crippen LogP contribution in [0.15, 0.2) is 65.8 Å². The molecule has 0 bridgehead atoms. The molecule has 0 aliphatic carbocycles. The Bertz CT molecular complexity index is 1010. The van der Waals surface area contributed by atoms with Gasteiger partial charge in [-0.2, -0.15) is 0 Å². The molecule has 9 heteroatoms. The number of ether oxygens (including phenoxy) is 1. The standard InChI is InChI=1S/C22H16ClF6NO.C2H6/c1-12-16(23)9-15(13-5-3-2-4-6-13)22(30(12)10-19(26)27)21-17(24)7-14(8-18(21)25)31-11-20(28)29;1-2/h2-9,19-20H,1,10-11H2;1-2H3. The van der Waals surface area contributed by atoms with Crippen LogP contribution in [0, 0.1) is 11.6 Å². The van der Waals surface area contributed by atoms with E-state index in [0.717, 1.165) is 17.0 Å². The Hall–Kier alpha value is -2.87. The molecular weight excluding hydrogens is 468 g/mol. The van der Waals surface area contributed by atoms with Crippen LogP contribution >= 0.6 is 11.6 Å². The summed E-state index contributed by atoms with van der Waals surface area (Å²) in [7, 11) is 0. The fourth-order valence-corrected chi connectivity index (χ4v) is 3.36. The molecule has 0 aromatic heterocycles. The van der Waals surface area contributed by atoms with Gasteiger partial charge >= 0.3 is 0 Å². The maximum Gasteiger partial charge on any atom is 0.272 e. The molecule has 178 valence electrons. The first kappa shape index (κ1) is 26.4. The van der Waals surface area contributed by atoms with Gasteiger partial charge in [-0.25, -0.2) is 26.3 Å². The van der Waals surface area contributed by atoms with Gasteiger partial charge in [-0.15, -0.1) is 0 Å². The van der Waals surface area contributed by atoms with Crippen molar-refractivity contribution in [3.63, 3.8) is 0 Å². The molecule has 0 fully saturated rings. The van der Waals surface area contributed by atoms with E-state index in [1.165, 1.54) is 6.08 Å². The number of nitrogens with zero attached hydrogens (tertiary/aromatic N) is 1. The third-order valence-electron chi connectivity index (χ3n) is 4.43. The first-order valence-electron chi connectivity index (χ1n) is 10.0. The molecule has 2 nitrogen and oxygen atoms in total. The largest absolute Gasteiger partial charge is 0.487 e. The second-order valence-electron chi connectivity index (χ2n) is 6.53. The van der Waals surface area contributed by atoms with Crippen molar-refractivity contribution >= 4 is 22.9 Å². The SMILES string of the molecule is C=C1C(Cl)=CC(c2ccccc2)=C(c2c(F)cc(OCC(F)F)cc2F)N1CC(F)F.CC. The van der Waals surface area contributed by atoms with E-state index in [-0.39, 0.29) is 22.0 Å². The third kappa shape index (κ3) is 6.35. The van der Waals surface area contributed by atoms with Gasteiger partial charge in [0.15, 0.2) is 0 Å². The van der Waals surface area contributed by atoms with Crippen molar-refractivity contribution in [3.05, 3.63) is 88.6 Å². The van der Waals surface area contributed by atoms with Gasteiger partial charge in [0.2, 0.25) is 0 Å². The molecule has 2 aromatic rings. The Balaban J connectivity index is 0.00000187. The van der Waals surface area contributed by atoms with Crippen LogP contribution in [0.25, 0.3) is 11.3 Å². The minimum Gasteiger partial charge on any atom is -0.487 e. The maximum atomic E-state index is 15.0. The maximum absolute atomic E-state index is 15.0. The summed E-state index contributed by atoms with van der Waals surface area (Å²) in [6, 6.07) is 9.73. The minimum absolute atomic E-state index is 0.0287. The van der Waals surface area contributed by atoms with Crippen LogP contribution in [-0.4, -0.2) is 30.9 Å². The van der Waals surface area contributed by atoms with E-state index >= 15 is 8.78 Å². The quantitative estimate of drug-likeness (QED) is 0.369. The van der Waals surface area contributed by atoms with Crippen LogP contribution in [0.2, 0.25) is 0 Å². The molecule has 1 aliphatic heterocycles. The average molecular weight is 490 g/mol. The number of rotatable bonds is 7. The number of alkyl halides is 4. The lowest BCUT2D eigenvalue weighted by atomic mass is 9.94. The highest BCUT2D eigenvalue weighted by Gasteiger charge is 2.31. The fourth-order valence-electron chi connectivity index (χ4n) is 3.15. The van der Waals surface area contributed by atoms with Gasteiger partial charge in [0, 0.05) is 17.7 Å². The summed E-state index contributed by atoms with van der Waals surface area (Å²) in [5.41, 5.74) is -0.243. The molecule has 0 saturated carbocycles. The predicted octanol–water partition coefficient (Wildman–Crippen LogP) is 7.72. The lowest BCUT2D eigenvalue weighted by Crippen LogP contribution is -2.30. The molecule has 1 aliphatic rings. The summed E-state index contributed by atoms with van der Waals surface area (Å²) >= 11 is 6.18. The Morgan fingerprint density at radius 2 is 1.55 bits per heavy atom. The zero-order valence-electron chi connectivity index (χ0n) is 17.9. The van der Waals surface area contributed by atoms with Crippen LogP contribution in [0.1, 0.15) is 25.0 Å². The molecule has 0 radical (unpaired) electrons. The minimum atomic E-state index is -2.87. The number of hydrogen-bond donors (Lipinski definition) is 0. The van der Waals surface area contributed by atoms with Crippen molar-refractivity contribution in [3.8, 4) is 5.75 Å². The van der Waals surface area contributed by atoms with Crippen molar-refractivity contribution in [1.29, 1.82) is 0 Å². The molecule has 3 rings (SSSR count). The Kier molecular flexibility index (Phi) is 9.46. The fraction of sp³-hybridized carbons (Fsp3) is 0.250. The zero-order chi connectivity index (χ0) is 24.7. The summed E-state index contributed by atoms with van der Waals surface area (Å²) in [6.45, 7) is 5.69. The Labute approximate surface area is 193 Å². The van der Waals surface area contributed by atoms with Gasteiger partial charge in [0.05, 0.1) is 28.5 Å². The van der Waals surface area contributed by atoms with E-state index in [9.17, 15) is 17.6 Å². The predicted molar refractivity (Wildman–Crippen MR) is 118 cm³/mol. The van der Waals surface area contributed by atoms with E-state index in [1.54, 1.807) is 30.3 Å². The smallest absolute Gasteiger partial charge is 0.272 e. The first-order valence-corrected chi connectivity index (χ1v) is 10.4. The van der Waals surface area contributed by atoms with E-state index < -0.39 is 48.9 Å². The number of allylic oxidation sites excluding steroid dienone is 3. The van der Waals surface area contributed by atoms with Crippen LogP contribution in [0.3, 0.4) is 0 Å². The zero-order valence-corrected chi connectivity index (χ0v) is 18.7. The first-order chi connectivity index (χ1) is 15.7. The molecule has 2 aromatic carbocycles. The van der Waals surface area contributed by atoms with E-state index in [4.69, 9.17) is 11.6 Å². The summed E-state index contributed by atoms with van der Waals surface area (Å²) in [5.74, 6) is -2.80. The molecule has 33 heavy (non-hydrogen) atoms. The molecule has 1 heterocycles. The van der Waals surface area contributed by atoms with Gasteiger partial charge in [0.1, 0.15) is 24.0 Å². The Morgan fingerprint density at radius 3 is 2.06 bits per heavy atom. The van der Waals surface area contributed by atoms with Gasteiger partial charge in [0.25, 0.3) is 12.9 Å². The van der Waals surface area contributed by atoms with Crippen LogP contribution in [0.5, 0.6) is 5.75 Å². The number of halogens is 7. The van der Waals surface area contributed by atoms with E-state index in [2.05, 4.69) is 11.3 Å². The molecule has 0 atom stereocenters. The van der Waals surface area contributed by atoms with Gasteiger partial charge in [-0.05, 0) is 11.6 Å². The monoisotopic (exact) mass is 489 g/mol. The molecular formula is C24H22ClF6NO. The third-order valence-corrected chi connectivity index (χ3v) is 4.76. The van der Waals surface area contributed by atoms with Crippen LogP contribution in [-0.2, 0) is 0 Å². The van der Waals surface area contributed by atoms with Gasteiger partial charge < -0.3 is 9.64 Å². The summed E-state index contributed by atoms with van der Waals surface area (Å²) in [5, 5.41) is 0.0287. The van der Waals surface area contributed by atoms with Gasteiger partial charge in [-0.1, -0.05) is 62.4 Å². The molecule has 0 N–H and O–H groups in total. The number of hydrogen-bond acceptors (Lipinski definition) is 2. The summed E-state index contributed by atoms with van der Waals surface area (Å²) in [6.07, 6.45) is -4.32. The summed E-state index contributed by atoms with van der Waals surface area (Å²) < 4.78 is 86.1. The summed E-state index contributed by atoms with van der Waals surface area (Å²) in [4.78, 5) is 0.941. The van der Waals surface area contributed by atoms with Crippen molar-refractivity contribution in [2.45, 2.75) is 26.7 Å². The van der Waals surface area contributed by atoms with Crippen LogP contribution in [0.4, 0.5) is 26.3 Å². The highest BCUT2D eigenvalue weighted by Crippen LogP contribution is 2.42. The van der Waals surface area contributed by atoms with Crippen molar-refractivity contribution in [2.24, 2.45) is 0 Å². The van der Waals surface area contributed by atoms with Crippen molar-refractivity contribution < 1.29 is 31.1 Å². The van der Waals surface area contributed by atoms with Crippen molar-refractivity contribution in [1.82, 2.24) is 4.90 Å². The molecule has 0 amide bonds. The van der Waals surface area contributed by atoms with Gasteiger partial charge in [-0.3, -0.25) is 0 Å².